The van der Waals surface area contributed by atoms with Crippen molar-refractivity contribution in [3.05, 3.63) is 45.7 Å². The van der Waals surface area contributed by atoms with Crippen LogP contribution in [0.5, 0.6) is 0 Å². The average Bonchev–Trinajstić information content (AvgIpc) is 2.91. The summed E-state index contributed by atoms with van der Waals surface area (Å²) in [4.78, 5) is 23.0. The van der Waals surface area contributed by atoms with Crippen molar-refractivity contribution in [1.29, 1.82) is 0 Å². The van der Waals surface area contributed by atoms with E-state index < -0.39 is 5.97 Å². The zero-order valence-electron chi connectivity index (χ0n) is 10.1. The summed E-state index contributed by atoms with van der Waals surface area (Å²) in [5, 5.41) is 13.7. The largest absolute Gasteiger partial charge is 0.478 e. The summed E-state index contributed by atoms with van der Waals surface area (Å²) < 4.78 is 1.60. The number of hydrogen-bond donors (Lipinski definition) is 2. The summed E-state index contributed by atoms with van der Waals surface area (Å²) in [7, 11) is 0. The first-order valence-corrected chi connectivity index (χ1v) is 8.21. The Morgan fingerprint density at radius 1 is 1.30 bits per heavy atom. The first-order valence-electron chi connectivity index (χ1n) is 5.56. The number of carbonyl (C=O) groups is 2. The number of carboxylic acid groups (broad SMARTS) is 1. The third-order valence-electron chi connectivity index (χ3n) is 2.35. The number of nitrogens with one attached hydrogen (secondary N) is 1. The maximum Gasteiger partial charge on any atom is 0.337 e. The fourth-order valence-corrected chi connectivity index (χ4v) is 3.54. The summed E-state index contributed by atoms with van der Waals surface area (Å²) in [5.74, 6) is -1.08. The van der Waals surface area contributed by atoms with E-state index in [9.17, 15) is 9.59 Å². The minimum absolute atomic E-state index is 0.0637. The highest BCUT2D eigenvalue weighted by Gasteiger charge is 2.15. The Kier molecular flexibility index (Phi) is 5.22. The predicted octanol–water partition coefficient (Wildman–Crippen LogP) is 3.94. The van der Waals surface area contributed by atoms with Gasteiger partial charge in [-0.25, -0.2) is 4.79 Å². The summed E-state index contributed by atoms with van der Waals surface area (Å²) in [5.41, 5.74) is 0.352. The smallest absolute Gasteiger partial charge is 0.337 e. The standard InChI is InChI=1S/C13H10BrNO3S2/c14-9-4-1-3-8(13(17)18)12(9)15-10(16)7-20-11-5-2-6-19-11/h1-6H,7H2,(H,15,16)(H,17,18). The van der Waals surface area contributed by atoms with Crippen LogP contribution in [0.2, 0.25) is 0 Å². The number of para-hydroxylation sites is 1. The predicted molar refractivity (Wildman–Crippen MR) is 84.8 cm³/mol. The van der Waals surface area contributed by atoms with Crippen LogP contribution >= 0.6 is 39.0 Å². The first-order chi connectivity index (χ1) is 9.58. The van der Waals surface area contributed by atoms with Crippen LogP contribution in [0.3, 0.4) is 0 Å². The zero-order valence-corrected chi connectivity index (χ0v) is 13.3. The Bertz CT molecular complexity index is 629. The molecule has 1 aromatic carbocycles. The highest BCUT2D eigenvalue weighted by atomic mass is 79.9. The fraction of sp³-hybridized carbons (Fsp3) is 0.0769. The Morgan fingerprint density at radius 2 is 2.10 bits per heavy atom. The van der Waals surface area contributed by atoms with Gasteiger partial charge in [0, 0.05) is 4.47 Å². The van der Waals surface area contributed by atoms with E-state index in [-0.39, 0.29) is 22.9 Å². The molecule has 0 unspecified atom stereocenters. The Morgan fingerprint density at radius 3 is 2.75 bits per heavy atom. The number of halogens is 1. The van der Waals surface area contributed by atoms with Crippen molar-refractivity contribution < 1.29 is 14.7 Å². The molecule has 1 amide bonds. The van der Waals surface area contributed by atoms with E-state index in [0.29, 0.717) is 4.47 Å². The minimum atomic E-state index is -1.08. The van der Waals surface area contributed by atoms with Gasteiger partial charge in [-0.05, 0) is 39.5 Å². The van der Waals surface area contributed by atoms with Gasteiger partial charge >= 0.3 is 5.97 Å². The first kappa shape index (κ1) is 15.1. The third kappa shape index (κ3) is 3.84. The van der Waals surface area contributed by atoms with Crippen molar-refractivity contribution in [1.82, 2.24) is 0 Å². The molecule has 0 bridgehead atoms. The molecule has 2 N–H and O–H groups in total. The van der Waals surface area contributed by atoms with E-state index in [1.54, 1.807) is 23.5 Å². The number of amides is 1. The second-order valence-corrected chi connectivity index (χ2v) is 6.81. The topological polar surface area (TPSA) is 66.4 Å². The number of rotatable bonds is 5. The fourth-order valence-electron chi connectivity index (χ4n) is 1.49. The van der Waals surface area contributed by atoms with Crippen LogP contribution in [0.4, 0.5) is 5.69 Å². The van der Waals surface area contributed by atoms with Crippen molar-refractivity contribution in [3.63, 3.8) is 0 Å². The monoisotopic (exact) mass is 371 g/mol. The van der Waals surface area contributed by atoms with Gasteiger partial charge in [-0.1, -0.05) is 12.1 Å². The van der Waals surface area contributed by atoms with Crippen molar-refractivity contribution in [2.75, 3.05) is 11.1 Å². The summed E-state index contributed by atoms with van der Waals surface area (Å²) in [6.07, 6.45) is 0. The van der Waals surface area contributed by atoms with E-state index >= 15 is 0 Å². The van der Waals surface area contributed by atoms with Gasteiger partial charge in [-0.3, -0.25) is 4.79 Å². The maximum absolute atomic E-state index is 11.9. The highest BCUT2D eigenvalue weighted by molar-refractivity contribution is 9.10. The molecule has 2 aromatic rings. The van der Waals surface area contributed by atoms with Crippen LogP contribution in [0, 0.1) is 0 Å². The van der Waals surface area contributed by atoms with E-state index in [4.69, 9.17) is 5.11 Å². The SMILES string of the molecule is O=C(CSc1cccs1)Nc1c(Br)cccc1C(=O)O. The lowest BCUT2D eigenvalue weighted by molar-refractivity contribution is -0.113. The second-order valence-electron chi connectivity index (χ2n) is 3.74. The second kappa shape index (κ2) is 6.92. The molecule has 7 heteroatoms. The van der Waals surface area contributed by atoms with Crippen molar-refractivity contribution in [3.8, 4) is 0 Å². The van der Waals surface area contributed by atoms with Gasteiger partial charge in [-0.2, -0.15) is 0 Å². The van der Waals surface area contributed by atoms with E-state index in [2.05, 4.69) is 21.2 Å². The molecule has 2 rings (SSSR count). The molecule has 0 radical (unpaired) electrons. The Hall–Kier alpha value is -1.31. The molecule has 0 aliphatic carbocycles. The molecule has 0 saturated heterocycles. The quantitative estimate of drug-likeness (QED) is 0.781. The average molecular weight is 372 g/mol. The minimum Gasteiger partial charge on any atom is -0.478 e. The molecular formula is C13H10BrNO3S2. The molecule has 104 valence electrons. The number of thioether (sulfide) groups is 1. The van der Waals surface area contributed by atoms with Crippen LogP contribution in [0.1, 0.15) is 10.4 Å². The van der Waals surface area contributed by atoms with Crippen LogP contribution < -0.4 is 5.32 Å². The van der Waals surface area contributed by atoms with Crippen LogP contribution in [-0.2, 0) is 4.79 Å². The van der Waals surface area contributed by atoms with Crippen molar-refractivity contribution >= 4 is 56.6 Å². The van der Waals surface area contributed by atoms with Gasteiger partial charge in [0.25, 0.3) is 0 Å². The van der Waals surface area contributed by atoms with Crippen LogP contribution in [0.25, 0.3) is 0 Å². The molecule has 0 saturated carbocycles. The van der Waals surface area contributed by atoms with Gasteiger partial charge in [0.1, 0.15) is 0 Å². The number of thiophene rings is 1. The summed E-state index contributed by atoms with van der Waals surface area (Å²) in [6, 6.07) is 8.61. The number of anilines is 1. The molecule has 0 aliphatic heterocycles. The molecular weight excluding hydrogens is 362 g/mol. The number of benzene rings is 1. The molecule has 0 atom stereocenters. The lowest BCUT2D eigenvalue weighted by atomic mass is 10.2. The van der Waals surface area contributed by atoms with E-state index in [1.165, 1.54) is 17.8 Å². The van der Waals surface area contributed by atoms with Crippen LogP contribution in [0.15, 0.2) is 44.4 Å². The molecule has 1 heterocycles. The summed E-state index contributed by atoms with van der Waals surface area (Å²) >= 11 is 6.23. The molecule has 20 heavy (non-hydrogen) atoms. The molecule has 4 nitrogen and oxygen atoms in total. The number of aromatic carboxylic acids is 1. The Balaban J connectivity index is 2.06. The molecule has 0 spiro atoms. The lowest BCUT2D eigenvalue weighted by Gasteiger charge is -2.10. The van der Waals surface area contributed by atoms with E-state index in [1.807, 2.05) is 17.5 Å². The molecule has 0 aliphatic rings. The van der Waals surface area contributed by atoms with Crippen LogP contribution in [-0.4, -0.2) is 22.7 Å². The number of carboxylic acids is 1. The highest BCUT2D eigenvalue weighted by Crippen LogP contribution is 2.28. The number of hydrogen-bond acceptors (Lipinski definition) is 4. The maximum atomic E-state index is 11.9. The zero-order chi connectivity index (χ0) is 14.5. The third-order valence-corrected chi connectivity index (χ3v) is 5.14. The number of carbonyl (C=O) groups excluding carboxylic acids is 1. The van der Waals surface area contributed by atoms with Crippen molar-refractivity contribution in [2.24, 2.45) is 0 Å². The van der Waals surface area contributed by atoms with Crippen molar-refractivity contribution in [2.45, 2.75) is 4.21 Å². The molecule has 1 aromatic heterocycles. The van der Waals surface area contributed by atoms with Gasteiger partial charge in [-0.15, -0.1) is 23.1 Å². The Labute approximate surface area is 132 Å². The molecule has 0 fully saturated rings. The van der Waals surface area contributed by atoms with Gasteiger partial charge in [0.05, 0.1) is 21.2 Å². The normalized spacial score (nSPS) is 10.2. The lowest BCUT2D eigenvalue weighted by Crippen LogP contribution is -2.17. The van der Waals surface area contributed by atoms with Gasteiger partial charge < -0.3 is 10.4 Å². The van der Waals surface area contributed by atoms with Gasteiger partial charge in [0.15, 0.2) is 0 Å². The van der Waals surface area contributed by atoms with Gasteiger partial charge in [0.2, 0.25) is 5.91 Å². The summed E-state index contributed by atoms with van der Waals surface area (Å²) in [6.45, 7) is 0. The van der Waals surface area contributed by atoms with E-state index in [0.717, 1.165) is 4.21 Å².